The number of amides is 1. The molecule has 2 aromatic rings. The summed E-state index contributed by atoms with van der Waals surface area (Å²) in [6.45, 7) is -0.459. The molecule has 1 aromatic carbocycles. The van der Waals surface area contributed by atoms with Gasteiger partial charge >= 0.3 is 6.18 Å². The SMILES string of the molecule is C[C@@H](C(=O)N(CC(F)(F)F)c1ccccn1)c1c(F)cccc1F. The third-order valence-corrected chi connectivity index (χ3v) is 3.33. The van der Waals surface area contributed by atoms with E-state index in [0.29, 0.717) is 4.90 Å². The molecule has 0 aliphatic heterocycles. The number of hydrogen-bond donors (Lipinski definition) is 0. The Bertz CT molecular complexity index is 698. The molecule has 0 radical (unpaired) electrons. The van der Waals surface area contributed by atoms with Crippen LogP contribution in [-0.4, -0.2) is 23.6 Å². The lowest BCUT2D eigenvalue weighted by molar-refractivity contribution is -0.133. The Balaban J connectivity index is 2.41. The summed E-state index contributed by atoms with van der Waals surface area (Å²) in [5.74, 6) is -4.79. The monoisotopic (exact) mass is 344 g/mol. The second-order valence-electron chi connectivity index (χ2n) is 5.08. The summed E-state index contributed by atoms with van der Waals surface area (Å²) in [4.78, 5) is 16.6. The molecule has 0 aliphatic carbocycles. The number of halogens is 5. The predicted molar refractivity (Wildman–Crippen MR) is 77.4 cm³/mol. The van der Waals surface area contributed by atoms with E-state index in [-0.39, 0.29) is 5.82 Å². The number of carbonyl (C=O) groups excluding carboxylic acids is 1. The topological polar surface area (TPSA) is 33.2 Å². The molecule has 8 heteroatoms. The molecule has 3 nitrogen and oxygen atoms in total. The Morgan fingerprint density at radius 1 is 1.12 bits per heavy atom. The lowest BCUT2D eigenvalue weighted by Crippen LogP contribution is -2.42. The molecule has 0 fully saturated rings. The molecule has 0 unspecified atom stereocenters. The van der Waals surface area contributed by atoms with Crippen LogP contribution in [0.5, 0.6) is 0 Å². The summed E-state index contributed by atoms with van der Waals surface area (Å²) in [6, 6.07) is 7.09. The maximum absolute atomic E-state index is 13.8. The standard InChI is InChI=1S/C16H13F5N2O/c1-10(14-11(17)5-4-6-12(14)18)15(24)23(9-16(19,20)21)13-7-2-3-8-22-13/h2-8,10H,9H2,1H3/t10-/m1/s1. The number of rotatable bonds is 4. The fourth-order valence-corrected chi connectivity index (χ4v) is 2.25. The maximum atomic E-state index is 13.8. The lowest BCUT2D eigenvalue weighted by atomic mass is 9.98. The number of nitrogens with zero attached hydrogens (tertiary/aromatic N) is 2. The van der Waals surface area contributed by atoms with E-state index in [1.165, 1.54) is 24.4 Å². The van der Waals surface area contributed by atoms with Crippen molar-refractivity contribution in [3.8, 4) is 0 Å². The Kier molecular flexibility index (Phi) is 5.16. The molecule has 0 aliphatic rings. The minimum atomic E-state index is -4.69. The van der Waals surface area contributed by atoms with Crippen LogP contribution in [0.25, 0.3) is 0 Å². The molecule has 0 bridgehead atoms. The normalized spacial score (nSPS) is 12.8. The van der Waals surface area contributed by atoms with Gasteiger partial charge in [-0.1, -0.05) is 12.1 Å². The van der Waals surface area contributed by atoms with Crippen molar-refractivity contribution in [1.29, 1.82) is 0 Å². The third-order valence-electron chi connectivity index (χ3n) is 3.33. The molecule has 0 saturated heterocycles. The first-order valence-corrected chi connectivity index (χ1v) is 6.94. The summed E-state index contributed by atoms with van der Waals surface area (Å²) in [5, 5.41) is 0. The molecule has 0 spiro atoms. The van der Waals surface area contributed by atoms with E-state index in [4.69, 9.17) is 0 Å². The van der Waals surface area contributed by atoms with Gasteiger partial charge in [-0.15, -0.1) is 0 Å². The number of carbonyl (C=O) groups is 1. The van der Waals surface area contributed by atoms with Crippen molar-refractivity contribution in [1.82, 2.24) is 4.98 Å². The molecular formula is C16H13F5N2O. The van der Waals surface area contributed by atoms with Gasteiger partial charge in [0.2, 0.25) is 5.91 Å². The summed E-state index contributed by atoms with van der Waals surface area (Å²) in [6.07, 6.45) is -3.47. The molecular weight excluding hydrogens is 331 g/mol. The number of aromatic nitrogens is 1. The van der Waals surface area contributed by atoms with Crippen molar-refractivity contribution in [3.05, 3.63) is 59.8 Å². The Morgan fingerprint density at radius 2 is 1.75 bits per heavy atom. The molecule has 2 rings (SSSR count). The summed E-state index contributed by atoms with van der Waals surface area (Å²) in [5.41, 5.74) is -0.578. The Labute approximate surface area is 134 Å². The van der Waals surface area contributed by atoms with Crippen LogP contribution >= 0.6 is 0 Å². The molecule has 1 aromatic heterocycles. The zero-order valence-corrected chi connectivity index (χ0v) is 12.5. The highest BCUT2D eigenvalue weighted by Crippen LogP contribution is 2.28. The fourth-order valence-electron chi connectivity index (χ4n) is 2.25. The first kappa shape index (κ1) is 17.8. The average molecular weight is 344 g/mol. The van der Waals surface area contributed by atoms with Crippen LogP contribution in [0.4, 0.5) is 27.8 Å². The number of hydrogen-bond acceptors (Lipinski definition) is 2. The molecule has 1 amide bonds. The second kappa shape index (κ2) is 6.94. The molecule has 1 atom stereocenters. The first-order valence-electron chi connectivity index (χ1n) is 6.94. The van der Waals surface area contributed by atoms with Crippen molar-refractivity contribution in [2.24, 2.45) is 0 Å². The first-order chi connectivity index (χ1) is 11.2. The van der Waals surface area contributed by atoms with Gasteiger partial charge in [-0.3, -0.25) is 9.69 Å². The van der Waals surface area contributed by atoms with E-state index >= 15 is 0 Å². The van der Waals surface area contributed by atoms with Crippen LogP contribution in [0.1, 0.15) is 18.4 Å². The largest absolute Gasteiger partial charge is 0.406 e. The Hall–Kier alpha value is -2.51. The van der Waals surface area contributed by atoms with Crippen molar-refractivity contribution in [2.75, 3.05) is 11.4 Å². The molecule has 1 heterocycles. The van der Waals surface area contributed by atoms with E-state index < -0.39 is 41.7 Å². The quantitative estimate of drug-likeness (QED) is 0.784. The highest BCUT2D eigenvalue weighted by atomic mass is 19.4. The smallest absolute Gasteiger partial charge is 0.287 e. The van der Waals surface area contributed by atoms with Crippen molar-refractivity contribution in [3.63, 3.8) is 0 Å². The zero-order chi connectivity index (χ0) is 17.9. The van der Waals surface area contributed by atoms with Crippen molar-refractivity contribution in [2.45, 2.75) is 19.0 Å². The fraction of sp³-hybridized carbons (Fsp3) is 0.250. The maximum Gasteiger partial charge on any atom is 0.406 e. The van der Waals surface area contributed by atoms with Crippen LogP contribution in [0.2, 0.25) is 0 Å². The average Bonchev–Trinajstić information content (AvgIpc) is 2.51. The minimum absolute atomic E-state index is 0.247. The number of benzene rings is 1. The van der Waals surface area contributed by atoms with Crippen LogP contribution in [0.15, 0.2) is 42.6 Å². The van der Waals surface area contributed by atoms with Gasteiger partial charge in [0.05, 0.1) is 5.92 Å². The van der Waals surface area contributed by atoms with Crippen molar-refractivity contribution < 1.29 is 26.7 Å². The third kappa shape index (κ3) is 4.06. The highest BCUT2D eigenvalue weighted by Gasteiger charge is 2.37. The van der Waals surface area contributed by atoms with Crippen LogP contribution < -0.4 is 4.90 Å². The van der Waals surface area contributed by atoms with Gasteiger partial charge in [0.25, 0.3) is 0 Å². The second-order valence-corrected chi connectivity index (χ2v) is 5.08. The van der Waals surface area contributed by atoms with Crippen LogP contribution in [0.3, 0.4) is 0 Å². The molecule has 128 valence electrons. The zero-order valence-electron chi connectivity index (χ0n) is 12.5. The van der Waals surface area contributed by atoms with E-state index in [2.05, 4.69) is 4.98 Å². The van der Waals surface area contributed by atoms with Gasteiger partial charge in [-0.2, -0.15) is 13.2 Å². The lowest BCUT2D eigenvalue weighted by Gasteiger charge is -2.26. The van der Waals surface area contributed by atoms with Gasteiger partial charge in [0.15, 0.2) is 0 Å². The van der Waals surface area contributed by atoms with Gasteiger partial charge in [-0.05, 0) is 31.2 Å². The highest BCUT2D eigenvalue weighted by molar-refractivity contribution is 5.97. The van der Waals surface area contributed by atoms with Crippen LogP contribution in [-0.2, 0) is 4.79 Å². The van der Waals surface area contributed by atoms with Gasteiger partial charge in [0.1, 0.15) is 24.0 Å². The predicted octanol–water partition coefficient (Wildman–Crippen LogP) is 4.06. The summed E-state index contributed by atoms with van der Waals surface area (Å²) < 4.78 is 66.1. The van der Waals surface area contributed by atoms with Gasteiger partial charge in [-0.25, -0.2) is 13.8 Å². The van der Waals surface area contributed by atoms with Crippen LogP contribution in [0, 0.1) is 11.6 Å². The molecule has 24 heavy (non-hydrogen) atoms. The minimum Gasteiger partial charge on any atom is -0.287 e. The van der Waals surface area contributed by atoms with Crippen molar-refractivity contribution >= 4 is 11.7 Å². The van der Waals surface area contributed by atoms with Gasteiger partial charge in [0, 0.05) is 11.8 Å². The number of alkyl halides is 3. The number of anilines is 1. The Morgan fingerprint density at radius 3 is 2.25 bits per heavy atom. The summed E-state index contributed by atoms with van der Waals surface area (Å²) >= 11 is 0. The van der Waals surface area contributed by atoms with E-state index in [1.54, 1.807) is 0 Å². The summed E-state index contributed by atoms with van der Waals surface area (Å²) in [7, 11) is 0. The molecule has 0 N–H and O–H groups in total. The molecule has 0 saturated carbocycles. The number of pyridine rings is 1. The van der Waals surface area contributed by atoms with E-state index in [1.807, 2.05) is 0 Å². The van der Waals surface area contributed by atoms with E-state index in [9.17, 15) is 26.7 Å². The van der Waals surface area contributed by atoms with E-state index in [0.717, 1.165) is 25.1 Å². The van der Waals surface area contributed by atoms with Gasteiger partial charge < -0.3 is 0 Å².